The second kappa shape index (κ2) is 11.1. The number of halogens is 3. The Bertz CT molecular complexity index is 2280. The van der Waals surface area contributed by atoms with Gasteiger partial charge in [-0.25, -0.2) is 26.6 Å². The summed E-state index contributed by atoms with van der Waals surface area (Å²) in [6.07, 6.45) is 1.03. The zero-order chi connectivity index (χ0) is 33.1. The molecule has 10 nitrogen and oxygen atoms in total. The third kappa shape index (κ3) is 5.15. The summed E-state index contributed by atoms with van der Waals surface area (Å²) in [5, 5.41) is 2.93. The zero-order valence-electron chi connectivity index (χ0n) is 24.9. The van der Waals surface area contributed by atoms with Crippen molar-refractivity contribution in [1.29, 1.82) is 0 Å². The van der Waals surface area contributed by atoms with Crippen molar-refractivity contribution in [2.45, 2.75) is 0 Å². The molecule has 0 aliphatic carbocycles. The number of hydrogen-bond acceptors (Lipinski definition) is 7. The summed E-state index contributed by atoms with van der Waals surface area (Å²) in [5.74, 6) is -2.35. The molecule has 1 amide bonds. The van der Waals surface area contributed by atoms with Gasteiger partial charge in [-0.2, -0.15) is 0 Å². The second-order valence-electron chi connectivity index (χ2n) is 10.5. The summed E-state index contributed by atoms with van der Waals surface area (Å²) in [6, 6.07) is 14.6. The van der Waals surface area contributed by atoms with Gasteiger partial charge in [0.25, 0.3) is 5.91 Å². The number of imidazole rings is 1. The third-order valence-electron chi connectivity index (χ3n) is 7.59. The van der Waals surface area contributed by atoms with Gasteiger partial charge >= 0.3 is 0 Å². The molecule has 0 saturated carbocycles. The van der Waals surface area contributed by atoms with Crippen LogP contribution in [0.15, 0.2) is 71.1 Å². The first-order chi connectivity index (χ1) is 21.8. The van der Waals surface area contributed by atoms with E-state index in [1.54, 1.807) is 18.2 Å². The number of ether oxygens (including phenoxy) is 1. The van der Waals surface area contributed by atoms with E-state index in [-0.39, 0.29) is 45.5 Å². The Morgan fingerprint density at radius 1 is 0.978 bits per heavy atom. The molecule has 6 rings (SSSR count). The molecule has 0 atom stereocenters. The highest BCUT2D eigenvalue weighted by molar-refractivity contribution is 7.92. The van der Waals surface area contributed by atoms with Gasteiger partial charge in [-0.3, -0.25) is 13.7 Å². The van der Waals surface area contributed by atoms with Crippen LogP contribution in [0.25, 0.3) is 50.1 Å². The van der Waals surface area contributed by atoms with Gasteiger partial charge in [0.1, 0.15) is 40.1 Å². The molecule has 0 saturated heterocycles. The van der Waals surface area contributed by atoms with Crippen molar-refractivity contribution >= 4 is 49.6 Å². The number of nitrogens with one attached hydrogen (secondary N) is 1. The number of anilines is 2. The molecule has 4 aromatic carbocycles. The van der Waals surface area contributed by atoms with E-state index >= 15 is 0 Å². The number of nitrogen functional groups attached to an aromatic ring is 1. The Hall–Kier alpha value is -5.50. The smallest absolute Gasteiger partial charge is 0.255 e. The maximum Gasteiger partial charge on any atom is 0.255 e. The van der Waals surface area contributed by atoms with Crippen LogP contribution >= 0.6 is 0 Å². The Morgan fingerprint density at radius 3 is 2.26 bits per heavy atom. The van der Waals surface area contributed by atoms with Gasteiger partial charge in [0.15, 0.2) is 0 Å². The maximum absolute atomic E-state index is 14.3. The van der Waals surface area contributed by atoms with E-state index in [1.165, 1.54) is 56.1 Å². The number of furan rings is 1. The first-order valence-corrected chi connectivity index (χ1v) is 15.5. The fraction of sp³-hybridized carbons (Fsp3) is 0.125. The van der Waals surface area contributed by atoms with Crippen LogP contribution < -0.4 is 20.1 Å². The lowest BCUT2D eigenvalue weighted by molar-refractivity contribution is 0.0964. The van der Waals surface area contributed by atoms with E-state index in [0.29, 0.717) is 27.6 Å². The number of nitrogens with two attached hydrogens (primary N) is 1. The monoisotopic (exact) mass is 649 g/mol. The van der Waals surface area contributed by atoms with Gasteiger partial charge < -0.3 is 20.2 Å². The van der Waals surface area contributed by atoms with E-state index < -0.39 is 33.4 Å². The molecule has 0 radical (unpaired) electrons. The van der Waals surface area contributed by atoms with Crippen molar-refractivity contribution in [2.24, 2.45) is 0 Å². The highest BCUT2D eigenvalue weighted by Gasteiger charge is 2.27. The number of methoxy groups -OCH3 is 1. The predicted molar refractivity (Wildman–Crippen MR) is 169 cm³/mol. The number of aromatic nitrogens is 2. The van der Waals surface area contributed by atoms with Crippen molar-refractivity contribution in [2.75, 3.05) is 37.5 Å². The van der Waals surface area contributed by atoms with Crippen LogP contribution in [-0.4, -0.2) is 51.3 Å². The summed E-state index contributed by atoms with van der Waals surface area (Å²) in [6.45, 7) is 0. The number of fused-ring (bicyclic) bond motifs is 2. The molecule has 46 heavy (non-hydrogen) atoms. The molecule has 6 aromatic rings. The topological polar surface area (TPSA) is 133 Å². The number of carbonyl (C=O) groups excluding carboxylic acids is 1. The Labute approximate surface area is 260 Å². The molecule has 2 heterocycles. The fourth-order valence-corrected chi connectivity index (χ4v) is 5.88. The molecule has 0 aliphatic heterocycles. The third-order valence-corrected chi connectivity index (χ3v) is 8.78. The van der Waals surface area contributed by atoms with Crippen LogP contribution in [0.5, 0.6) is 5.75 Å². The van der Waals surface area contributed by atoms with E-state index in [9.17, 15) is 26.4 Å². The normalized spacial score (nSPS) is 11.7. The molecular weight excluding hydrogens is 623 g/mol. The minimum absolute atomic E-state index is 0.0568. The molecular formula is C32H26F3N5O5S. The van der Waals surface area contributed by atoms with Crippen LogP contribution in [0.2, 0.25) is 0 Å². The van der Waals surface area contributed by atoms with E-state index in [0.717, 1.165) is 28.8 Å². The molecule has 2 aromatic heterocycles. The highest BCUT2D eigenvalue weighted by Crippen LogP contribution is 2.43. The fourth-order valence-electron chi connectivity index (χ4n) is 5.37. The predicted octanol–water partition coefficient (Wildman–Crippen LogP) is 5.87. The highest BCUT2D eigenvalue weighted by atomic mass is 32.2. The molecule has 0 aliphatic rings. The second-order valence-corrected chi connectivity index (χ2v) is 12.5. The summed E-state index contributed by atoms with van der Waals surface area (Å²) in [4.78, 5) is 17.6. The molecule has 14 heteroatoms. The van der Waals surface area contributed by atoms with E-state index in [1.807, 2.05) is 0 Å². The first kappa shape index (κ1) is 30.5. The van der Waals surface area contributed by atoms with Gasteiger partial charge in [0, 0.05) is 42.7 Å². The van der Waals surface area contributed by atoms with Gasteiger partial charge in [0.05, 0.1) is 35.8 Å². The Morgan fingerprint density at radius 2 is 1.65 bits per heavy atom. The van der Waals surface area contributed by atoms with Crippen LogP contribution in [0, 0.1) is 17.5 Å². The number of hydrogen-bond donors (Lipinski definition) is 2. The maximum atomic E-state index is 14.3. The van der Waals surface area contributed by atoms with Gasteiger partial charge in [0.2, 0.25) is 16.0 Å². The van der Waals surface area contributed by atoms with Crippen LogP contribution in [0.3, 0.4) is 0 Å². The standard InChI is InChI=1S/C32H26F3N5O5S/c1-37-31(41)28-23-14-22(24(39(2)46(4,42)43)15-26(23)45-30(28)16-5-7-18(33)8-6-16)17-9-25-29(27(10-17)44-3)38-32(36)40(25)21-12-19(34)11-20(35)13-21/h5-15H,1-4H3,(H2,36,38)(H,37,41). The summed E-state index contributed by atoms with van der Waals surface area (Å²) < 4.78 is 82.1. The SMILES string of the molecule is CNC(=O)c1c(-c2ccc(F)cc2)oc2cc(N(C)S(C)(=O)=O)c(-c3cc(OC)c4nc(N)n(-c5cc(F)cc(F)c5)c4c3)cc12. The molecule has 0 unspecified atom stereocenters. The largest absolute Gasteiger partial charge is 0.494 e. The number of nitrogens with zero attached hydrogens (tertiary/aromatic N) is 3. The Balaban J connectivity index is 1.70. The van der Waals surface area contributed by atoms with E-state index in [2.05, 4.69) is 10.3 Å². The van der Waals surface area contributed by atoms with Crippen molar-refractivity contribution in [1.82, 2.24) is 14.9 Å². The molecule has 236 valence electrons. The first-order valence-electron chi connectivity index (χ1n) is 13.7. The average molecular weight is 650 g/mol. The number of sulfonamides is 1. The molecule has 0 bridgehead atoms. The molecule has 0 spiro atoms. The number of benzene rings is 4. The van der Waals surface area contributed by atoms with Crippen molar-refractivity contribution in [3.63, 3.8) is 0 Å². The summed E-state index contributed by atoms with van der Waals surface area (Å²) in [7, 11) is 0.372. The number of carbonyl (C=O) groups is 1. The lowest BCUT2D eigenvalue weighted by atomic mass is 9.97. The van der Waals surface area contributed by atoms with Crippen molar-refractivity contribution in [3.8, 4) is 33.9 Å². The zero-order valence-corrected chi connectivity index (χ0v) is 25.7. The Kier molecular flexibility index (Phi) is 7.39. The molecule has 3 N–H and O–H groups in total. The van der Waals surface area contributed by atoms with Crippen LogP contribution in [-0.2, 0) is 10.0 Å². The van der Waals surface area contributed by atoms with Crippen LogP contribution in [0.4, 0.5) is 24.8 Å². The lowest BCUT2D eigenvalue weighted by Gasteiger charge is -2.21. The summed E-state index contributed by atoms with van der Waals surface area (Å²) in [5.41, 5.74) is 8.50. The van der Waals surface area contributed by atoms with Crippen molar-refractivity contribution < 1.29 is 35.5 Å². The number of amides is 1. The van der Waals surface area contributed by atoms with Crippen molar-refractivity contribution in [3.05, 3.63) is 89.7 Å². The van der Waals surface area contributed by atoms with Crippen LogP contribution in [0.1, 0.15) is 10.4 Å². The molecule has 0 fully saturated rings. The van der Waals surface area contributed by atoms with E-state index in [4.69, 9.17) is 14.9 Å². The lowest BCUT2D eigenvalue weighted by Crippen LogP contribution is -2.25. The minimum atomic E-state index is -3.83. The van der Waals surface area contributed by atoms with Gasteiger partial charge in [-0.05, 0) is 60.2 Å². The van der Waals surface area contributed by atoms with Gasteiger partial charge in [-0.15, -0.1) is 0 Å². The number of rotatable bonds is 7. The summed E-state index contributed by atoms with van der Waals surface area (Å²) >= 11 is 0. The average Bonchev–Trinajstić information content (AvgIpc) is 3.55. The minimum Gasteiger partial charge on any atom is -0.494 e. The van der Waals surface area contributed by atoms with Gasteiger partial charge in [-0.1, -0.05) is 0 Å². The quantitative estimate of drug-likeness (QED) is 0.221.